The summed E-state index contributed by atoms with van der Waals surface area (Å²) in [6.07, 6.45) is 2.21. The molecule has 1 aromatic rings. The average molecular weight is 285 g/mol. The first kappa shape index (κ1) is 14.1. The molecular formula is C13H19NO4S. The number of benzene rings is 1. The lowest BCUT2D eigenvalue weighted by Gasteiger charge is -2.06. The van der Waals surface area contributed by atoms with Crippen LogP contribution < -0.4 is 14.2 Å². The molecule has 0 radical (unpaired) electrons. The van der Waals surface area contributed by atoms with E-state index in [2.05, 4.69) is 4.72 Å². The van der Waals surface area contributed by atoms with E-state index in [1.165, 1.54) is 0 Å². The number of fused-ring (bicyclic) bond motifs is 1. The Bertz CT molecular complexity index is 527. The zero-order valence-electron chi connectivity index (χ0n) is 11.0. The third kappa shape index (κ3) is 4.11. The smallest absolute Gasteiger partial charge is 0.231 e. The fourth-order valence-electron chi connectivity index (χ4n) is 1.85. The Morgan fingerprint density at radius 2 is 2.05 bits per heavy atom. The predicted molar refractivity (Wildman–Crippen MR) is 73.0 cm³/mol. The van der Waals surface area contributed by atoms with Crippen molar-refractivity contribution >= 4 is 10.0 Å². The number of nitrogens with one attached hydrogen (secondary N) is 1. The lowest BCUT2D eigenvalue weighted by atomic mass is 10.1. The summed E-state index contributed by atoms with van der Waals surface area (Å²) in [5.74, 6) is 1.67. The van der Waals surface area contributed by atoms with E-state index in [-0.39, 0.29) is 12.5 Å². The number of rotatable bonds is 7. The fourth-order valence-corrected chi connectivity index (χ4v) is 3.08. The molecule has 2 rings (SSSR count). The normalized spacial score (nSPS) is 13.7. The lowest BCUT2D eigenvalue weighted by molar-refractivity contribution is 0.174. The van der Waals surface area contributed by atoms with E-state index in [9.17, 15) is 8.42 Å². The van der Waals surface area contributed by atoms with Crippen LogP contribution in [-0.4, -0.2) is 27.5 Å². The van der Waals surface area contributed by atoms with Crippen LogP contribution in [0.25, 0.3) is 0 Å². The number of unbranched alkanes of at least 4 members (excludes halogenated alkanes) is 1. The Morgan fingerprint density at radius 1 is 1.26 bits per heavy atom. The topological polar surface area (TPSA) is 64.6 Å². The lowest BCUT2D eigenvalue weighted by Crippen LogP contribution is -2.28. The first-order valence-corrected chi connectivity index (χ1v) is 8.12. The van der Waals surface area contributed by atoms with Crippen LogP contribution in [-0.2, 0) is 16.4 Å². The molecule has 0 atom stereocenters. The number of hydrogen-bond acceptors (Lipinski definition) is 4. The van der Waals surface area contributed by atoms with Gasteiger partial charge in [-0.15, -0.1) is 0 Å². The van der Waals surface area contributed by atoms with Gasteiger partial charge in [-0.3, -0.25) is 0 Å². The van der Waals surface area contributed by atoms with Gasteiger partial charge in [0.05, 0.1) is 5.75 Å². The molecule has 1 heterocycles. The Morgan fingerprint density at radius 3 is 2.84 bits per heavy atom. The van der Waals surface area contributed by atoms with Gasteiger partial charge in [0, 0.05) is 6.54 Å². The van der Waals surface area contributed by atoms with Gasteiger partial charge in [-0.25, -0.2) is 13.1 Å². The van der Waals surface area contributed by atoms with Crippen molar-refractivity contribution in [3.63, 3.8) is 0 Å². The van der Waals surface area contributed by atoms with Crippen LogP contribution in [0.3, 0.4) is 0 Å². The van der Waals surface area contributed by atoms with Crippen molar-refractivity contribution < 1.29 is 17.9 Å². The summed E-state index contributed by atoms with van der Waals surface area (Å²) in [5.41, 5.74) is 1.03. The summed E-state index contributed by atoms with van der Waals surface area (Å²) in [5, 5.41) is 0. The van der Waals surface area contributed by atoms with E-state index in [0.29, 0.717) is 19.4 Å². The molecule has 0 saturated carbocycles. The second-order valence-electron chi connectivity index (χ2n) is 4.50. The second-order valence-corrected chi connectivity index (χ2v) is 6.43. The van der Waals surface area contributed by atoms with Crippen LogP contribution in [0.1, 0.15) is 25.3 Å². The van der Waals surface area contributed by atoms with Crippen molar-refractivity contribution in [2.75, 3.05) is 19.1 Å². The average Bonchev–Trinajstić information content (AvgIpc) is 2.83. The summed E-state index contributed by atoms with van der Waals surface area (Å²) in [4.78, 5) is 0. The van der Waals surface area contributed by atoms with Crippen molar-refractivity contribution in [2.45, 2.75) is 26.2 Å². The molecule has 6 heteroatoms. The first-order chi connectivity index (χ1) is 9.11. The molecule has 0 fully saturated rings. The zero-order valence-corrected chi connectivity index (χ0v) is 11.8. The number of ether oxygens (including phenoxy) is 2. The van der Waals surface area contributed by atoms with Crippen molar-refractivity contribution in [1.29, 1.82) is 0 Å². The van der Waals surface area contributed by atoms with Gasteiger partial charge < -0.3 is 9.47 Å². The summed E-state index contributed by atoms with van der Waals surface area (Å²) in [6, 6.07) is 5.67. The Hall–Kier alpha value is -1.27. The maximum absolute atomic E-state index is 11.6. The molecule has 0 bridgehead atoms. The maximum Gasteiger partial charge on any atom is 0.231 e. The standard InChI is InChI=1S/C13H19NO4S/c1-2-3-8-19(15,16)14-7-6-11-4-5-12-13(9-11)18-10-17-12/h4-5,9,14H,2-3,6-8,10H2,1H3. The van der Waals surface area contributed by atoms with Gasteiger partial charge in [0.25, 0.3) is 0 Å². The molecule has 106 valence electrons. The predicted octanol–water partition coefficient (Wildman–Crippen LogP) is 1.68. The van der Waals surface area contributed by atoms with Crippen LogP contribution >= 0.6 is 0 Å². The van der Waals surface area contributed by atoms with Crippen LogP contribution in [0.2, 0.25) is 0 Å². The van der Waals surface area contributed by atoms with Crippen LogP contribution in [0.5, 0.6) is 11.5 Å². The van der Waals surface area contributed by atoms with Crippen LogP contribution in [0.4, 0.5) is 0 Å². The minimum absolute atomic E-state index is 0.199. The van der Waals surface area contributed by atoms with Crippen molar-refractivity contribution in [3.05, 3.63) is 23.8 Å². The first-order valence-electron chi connectivity index (χ1n) is 6.46. The monoisotopic (exact) mass is 285 g/mol. The van der Waals surface area contributed by atoms with Crippen molar-refractivity contribution in [2.24, 2.45) is 0 Å². The minimum Gasteiger partial charge on any atom is -0.454 e. The highest BCUT2D eigenvalue weighted by Gasteiger charge is 2.13. The Labute approximate surface area is 114 Å². The zero-order chi connectivity index (χ0) is 13.7. The molecule has 1 N–H and O–H groups in total. The highest BCUT2D eigenvalue weighted by molar-refractivity contribution is 7.89. The third-order valence-corrected chi connectivity index (χ3v) is 4.41. The highest BCUT2D eigenvalue weighted by Crippen LogP contribution is 2.32. The second kappa shape index (κ2) is 6.25. The van der Waals surface area contributed by atoms with E-state index in [1.54, 1.807) is 0 Å². The van der Waals surface area contributed by atoms with Gasteiger partial charge in [-0.1, -0.05) is 19.4 Å². The number of sulfonamides is 1. The largest absolute Gasteiger partial charge is 0.454 e. The maximum atomic E-state index is 11.6. The van der Waals surface area contributed by atoms with E-state index in [0.717, 1.165) is 23.5 Å². The van der Waals surface area contributed by atoms with Crippen LogP contribution in [0.15, 0.2) is 18.2 Å². The number of hydrogen-bond donors (Lipinski definition) is 1. The van der Waals surface area contributed by atoms with Gasteiger partial charge in [0.1, 0.15) is 0 Å². The molecule has 1 aliphatic heterocycles. The molecule has 0 unspecified atom stereocenters. The van der Waals surface area contributed by atoms with Crippen molar-refractivity contribution in [3.8, 4) is 11.5 Å². The summed E-state index contributed by atoms with van der Waals surface area (Å²) in [6.45, 7) is 2.64. The summed E-state index contributed by atoms with van der Waals surface area (Å²) >= 11 is 0. The Balaban J connectivity index is 1.83. The van der Waals surface area contributed by atoms with Crippen molar-refractivity contribution in [1.82, 2.24) is 4.72 Å². The molecule has 1 aliphatic rings. The van der Waals surface area contributed by atoms with Gasteiger partial charge in [-0.2, -0.15) is 0 Å². The van der Waals surface area contributed by atoms with Gasteiger partial charge in [-0.05, 0) is 30.5 Å². The molecule has 0 spiro atoms. The molecule has 1 aromatic carbocycles. The molecule has 0 aliphatic carbocycles. The van der Waals surface area contributed by atoms with E-state index in [1.807, 2.05) is 25.1 Å². The van der Waals surface area contributed by atoms with E-state index >= 15 is 0 Å². The fraction of sp³-hybridized carbons (Fsp3) is 0.538. The SMILES string of the molecule is CCCCS(=O)(=O)NCCc1ccc2c(c1)OCO2. The molecule has 0 saturated heterocycles. The summed E-state index contributed by atoms with van der Waals surface area (Å²) < 4.78 is 36.3. The van der Waals surface area contributed by atoms with E-state index in [4.69, 9.17) is 9.47 Å². The quantitative estimate of drug-likeness (QED) is 0.828. The van der Waals surface area contributed by atoms with Gasteiger partial charge >= 0.3 is 0 Å². The minimum atomic E-state index is -3.13. The molecule has 5 nitrogen and oxygen atoms in total. The third-order valence-electron chi connectivity index (χ3n) is 2.94. The van der Waals surface area contributed by atoms with Gasteiger partial charge in [0.15, 0.2) is 11.5 Å². The highest BCUT2D eigenvalue weighted by atomic mass is 32.2. The van der Waals surface area contributed by atoms with E-state index < -0.39 is 10.0 Å². The Kier molecular flexibility index (Phi) is 4.66. The molecule has 19 heavy (non-hydrogen) atoms. The molecular weight excluding hydrogens is 266 g/mol. The molecule has 0 amide bonds. The molecule has 0 aromatic heterocycles. The van der Waals surface area contributed by atoms with Crippen LogP contribution in [0, 0.1) is 0 Å². The summed E-state index contributed by atoms with van der Waals surface area (Å²) in [7, 11) is -3.13. The van der Waals surface area contributed by atoms with Gasteiger partial charge in [0.2, 0.25) is 16.8 Å².